The molecule has 8 aromatic carbocycles. The van der Waals surface area contributed by atoms with Gasteiger partial charge in [0.2, 0.25) is 0 Å². The third-order valence-corrected chi connectivity index (χ3v) is 11.7. The van der Waals surface area contributed by atoms with Crippen LogP contribution >= 0.6 is 11.3 Å². The number of aromatic nitrogens is 3. The quantitative estimate of drug-likeness (QED) is 0.171. The van der Waals surface area contributed by atoms with Crippen LogP contribution in [-0.4, -0.2) is 15.0 Å². The minimum atomic E-state index is 0.610. The second-order valence-corrected chi connectivity index (χ2v) is 15.1. The third-order valence-electron chi connectivity index (χ3n) is 10.5. The van der Waals surface area contributed by atoms with Gasteiger partial charge < -0.3 is 4.42 Å². The smallest absolute Gasteiger partial charge is 0.164 e. The van der Waals surface area contributed by atoms with Crippen molar-refractivity contribution in [2.24, 2.45) is 0 Å². The van der Waals surface area contributed by atoms with Crippen LogP contribution in [0.1, 0.15) is 0 Å². The molecule has 262 valence electrons. The number of rotatable bonds is 6. The van der Waals surface area contributed by atoms with Crippen molar-refractivity contribution in [3.05, 3.63) is 188 Å². The molecule has 0 amide bonds. The van der Waals surface area contributed by atoms with Crippen LogP contribution in [-0.2, 0) is 0 Å². The van der Waals surface area contributed by atoms with Crippen LogP contribution in [0.2, 0.25) is 0 Å². The molecule has 0 aliphatic rings. The van der Waals surface area contributed by atoms with Crippen molar-refractivity contribution < 1.29 is 4.42 Å². The first-order chi connectivity index (χ1) is 27.7. The second kappa shape index (κ2) is 13.3. The van der Waals surface area contributed by atoms with Gasteiger partial charge in [0.05, 0.1) is 0 Å². The topological polar surface area (TPSA) is 51.8 Å². The maximum Gasteiger partial charge on any atom is 0.164 e. The first-order valence-corrected chi connectivity index (χ1v) is 19.5. The maximum absolute atomic E-state index is 6.26. The van der Waals surface area contributed by atoms with Gasteiger partial charge in [0, 0.05) is 47.6 Å². The molecule has 3 heterocycles. The Kier molecular flexibility index (Phi) is 7.64. The van der Waals surface area contributed by atoms with Gasteiger partial charge in [0.25, 0.3) is 0 Å². The molecule has 0 saturated carbocycles. The Morgan fingerprint density at radius 3 is 1.55 bits per heavy atom. The summed E-state index contributed by atoms with van der Waals surface area (Å²) in [6.45, 7) is 0. The molecule has 3 aromatic heterocycles. The lowest BCUT2D eigenvalue weighted by Crippen LogP contribution is -2.00. The SMILES string of the molecule is c1ccc(-c2cccc(-c3cccc(-c4ccc5c(c4)sc4cccc(-c6nc(-c7ccccc7)nc(-c7cccc8oc9ccccc9c78)n6)c45)c3)c2)cc1. The zero-order chi connectivity index (χ0) is 37.0. The molecule has 11 rings (SSSR count). The van der Waals surface area contributed by atoms with Gasteiger partial charge in [-0.15, -0.1) is 11.3 Å². The van der Waals surface area contributed by atoms with E-state index in [1.54, 1.807) is 11.3 Å². The summed E-state index contributed by atoms with van der Waals surface area (Å²) in [6.07, 6.45) is 0. The van der Waals surface area contributed by atoms with E-state index in [2.05, 4.69) is 127 Å². The number of benzene rings is 8. The lowest BCUT2D eigenvalue weighted by Gasteiger charge is -2.10. The summed E-state index contributed by atoms with van der Waals surface area (Å²) in [5.41, 5.74) is 11.7. The number of furan rings is 1. The highest BCUT2D eigenvalue weighted by Crippen LogP contribution is 2.42. The normalized spacial score (nSPS) is 11.6. The fourth-order valence-corrected chi connectivity index (χ4v) is 9.04. The monoisotopic (exact) mass is 733 g/mol. The van der Waals surface area contributed by atoms with Gasteiger partial charge in [-0.05, 0) is 69.8 Å². The lowest BCUT2D eigenvalue weighted by molar-refractivity contribution is 0.669. The number of para-hydroxylation sites is 1. The predicted octanol–water partition coefficient (Wildman–Crippen LogP) is 14.1. The summed E-state index contributed by atoms with van der Waals surface area (Å²) in [7, 11) is 0. The number of hydrogen-bond acceptors (Lipinski definition) is 5. The van der Waals surface area contributed by atoms with Crippen molar-refractivity contribution >= 4 is 53.4 Å². The van der Waals surface area contributed by atoms with E-state index in [4.69, 9.17) is 19.4 Å². The Morgan fingerprint density at radius 1 is 0.321 bits per heavy atom. The molecule has 0 aliphatic carbocycles. The Bertz CT molecular complexity index is 3260. The van der Waals surface area contributed by atoms with E-state index in [9.17, 15) is 0 Å². The number of nitrogens with zero attached hydrogens (tertiary/aromatic N) is 3. The molecule has 0 N–H and O–H groups in total. The van der Waals surface area contributed by atoms with Gasteiger partial charge in [-0.3, -0.25) is 0 Å². The molecule has 0 atom stereocenters. The second-order valence-electron chi connectivity index (χ2n) is 14.0. The molecule has 0 aliphatic heterocycles. The highest BCUT2D eigenvalue weighted by atomic mass is 32.1. The van der Waals surface area contributed by atoms with Crippen molar-refractivity contribution in [2.45, 2.75) is 0 Å². The number of hydrogen-bond donors (Lipinski definition) is 0. The van der Waals surface area contributed by atoms with Crippen LogP contribution in [0.15, 0.2) is 192 Å². The molecule has 0 spiro atoms. The Balaban J connectivity index is 1.04. The fraction of sp³-hybridized carbons (Fsp3) is 0. The molecule has 56 heavy (non-hydrogen) atoms. The number of fused-ring (bicyclic) bond motifs is 6. The highest BCUT2D eigenvalue weighted by Gasteiger charge is 2.20. The Morgan fingerprint density at radius 2 is 0.839 bits per heavy atom. The van der Waals surface area contributed by atoms with Crippen LogP contribution in [0, 0.1) is 0 Å². The maximum atomic E-state index is 6.26. The van der Waals surface area contributed by atoms with Gasteiger partial charge in [-0.2, -0.15) is 0 Å². The summed E-state index contributed by atoms with van der Waals surface area (Å²) in [6, 6.07) is 65.8. The van der Waals surface area contributed by atoms with Crippen LogP contribution in [0.4, 0.5) is 0 Å². The molecule has 0 unspecified atom stereocenters. The van der Waals surface area contributed by atoms with E-state index in [1.807, 2.05) is 60.7 Å². The van der Waals surface area contributed by atoms with E-state index >= 15 is 0 Å². The van der Waals surface area contributed by atoms with Crippen LogP contribution in [0.5, 0.6) is 0 Å². The standard InChI is InChI=1S/C51H31N3OS/c1-3-13-32(14-4-1)34-17-9-18-35(29-34)36-19-10-20-37(30-36)38-27-28-40-46(31-38)56-45-26-12-23-42(48(40)45)51-53-49(33-15-5-2-6-16-33)52-50(54-51)41-22-11-25-44-47(41)39-21-7-8-24-43(39)55-44/h1-31H. The van der Waals surface area contributed by atoms with Gasteiger partial charge in [0.1, 0.15) is 11.2 Å². The molecular formula is C51H31N3OS. The summed E-state index contributed by atoms with van der Waals surface area (Å²) >= 11 is 1.80. The van der Waals surface area contributed by atoms with E-state index in [1.165, 1.54) is 48.2 Å². The molecule has 5 heteroatoms. The minimum absolute atomic E-state index is 0.610. The fourth-order valence-electron chi connectivity index (χ4n) is 7.87. The highest BCUT2D eigenvalue weighted by molar-refractivity contribution is 7.26. The molecule has 0 radical (unpaired) electrons. The molecular weight excluding hydrogens is 703 g/mol. The molecule has 0 bridgehead atoms. The van der Waals surface area contributed by atoms with Crippen molar-refractivity contribution in [2.75, 3.05) is 0 Å². The minimum Gasteiger partial charge on any atom is -0.456 e. The van der Waals surface area contributed by atoms with E-state index in [0.717, 1.165) is 44.0 Å². The van der Waals surface area contributed by atoms with E-state index < -0.39 is 0 Å². The first-order valence-electron chi connectivity index (χ1n) is 18.7. The van der Waals surface area contributed by atoms with Crippen molar-refractivity contribution in [3.63, 3.8) is 0 Å². The van der Waals surface area contributed by atoms with Crippen LogP contribution in [0.25, 0.3) is 110 Å². The summed E-state index contributed by atoms with van der Waals surface area (Å²) in [5.74, 6) is 1.88. The predicted molar refractivity (Wildman–Crippen MR) is 233 cm³/mol. The zero-order valence-corrected chi connectivity index (χ0v) is 30.9. The Hall–Kier alpha value is -7.21. The van der Waals surface area contributed by atoms with E-state index in [0.29, 0.717) is 17.5 Å². The summed E-state index contributed by atoms with van der Waals surface area (Å²) < 4.78 is 8.67. The zero-order valence-electron chi connectivity index (χ0n) is 30.1. The average molecular weight is 734 g/mol. The van der Waals surface area contributed by atoms with Crippen molar-refractivity contribution in [1.29, 1.82) is 0 Å². The Labute approximate surface area is 327 Å². The lowest BCUT2D eigenvalue weighted by atomic mass is 9.96. The average Bonchev–Trinajstić information content (AvgIpc) is 3.85. The van der Waals surface area contributed by atoms with Gasteiger partial charge in [-0.1, -0.05) is 152 Å². The molecule has 0 saturated heterocycles. The van der Waals surface area contributed by atoms with Crippen molar-refractivity contribution in [3.8, 4) is 67.5 Å². The van der Waals surface area contributed by atoms with Crippen LogP contribution < -0.4 is 0 Å². The molecule has 0 fully saturated rings. The van der Waals surface area contributed by atoms with Crippen LogP contribution in [0.3, 0.4) is 0 Å². The molecule has 11 aromatic rings. The van der Waals surface area contributed by atoms with Crippen molar-refractivity contribution in [1.82, 2.24) is 15.0 Å². The summed E-state index contributed by atoms with van der Waals surface area (Å²) in [4.78, 5) is 15.5. The number of thiophene rings is 1. The molecule has 4 nitrogen and oxygen atoms in total. The van der Waals surface area contributed by atoms with Gasteiger partial charge in [-0.25, -0.2) is 15.0 Å². The van der Waals surface area contributed by atoms with E-state index in [-0.39, 0.29) is 0 Å². The van der Waals surface area contributed by atoms with Gasteiger partial charge >= 0.3 is 0 Å². The first kappa shape index (κ1) is 32.2. The third kappa shape index (κ3) is 5.56. The van der Waals surface area contributed by atoms with Gasteiger partial charge in [0.15, 0.2) is 17.5 Å². The summed E-state index contributed by atoms with van der Waals surface area (Å²) in [5, 5.41) is 4.36. The largest absolute Gasteiger partial charge is 0.456 e.